The lowest BCUT2D eigenvalue weighted by molar-refractivity contribution is 0.0999. The summed E-state index contributed by atoms with van der Waals surface area (Å²) in [5.41, 5.74) is 7.22. The fourth-order valence-electron chi connectivity index (χ4n) is 3.88. The minimum atomic E-state index is -0.375. The average Bonchev–Trinajstić information content (AvgIpc) is 2.48. The van der Waals surface area contributed by atoms with Crippen LogP contribution < -0.4 is 16.0 Å². The van der Waals surface area contributed by atoms with Gasteiger partial charge in [0.1, 0.15) is 5.82 Å². The van der Waals surface area contributed by atoms with Gasteiger partial charge >= 0.3 is 0 Å². The van der Waals surface area contributed by atoms with Gasteiger partial charge in [0.15, 0.2) is 0 Å². The Morgan fingerprint density at radius 2 is 2.14 bits per heavy atom. The predicted octanol–water partition coefficient (Wildman–Crippen LogP) is 1.60. The normalized spacial score (nSPS) is 21.5. The first kappa shape index (κ1) is 14.3. The quantitative estimate of drug-likeness (QED) is 0.867. The Labute approximate surface area is 125 Å². The molecule has 1 aliphatic heterocycles. The number of hydrogen-bond acceptors (Lipinski definition) is 4. The second-order valence-corrected chi connectivity index (χ2v) is 6.30. The van der Waals surface area contributed by atoms with Crippen LogP contribution in [0.5, 0.6) is 0 Å². The number of rotatable bonds is 2. The smallest absolute Gasteiger partial charge is 0.252 e. The highest BCUT2D eigenvalue weighted by atomic mass is 16.1. The molecule has 1 saturated carbocycles. The molecule has 1 saturated heterocycles. The van der Waals surface area contributed by atoms with E-state index in [9.17, 15) is 4.79 Å². The van der Waals surface area contributed by atoms with Gasteiger partial charge in [-0.15, -0.1) is 0 Å². The molecule has 0 unspecified atom stereocenters. The van der Waals surface area contributed by atoms with Crippen LogP contribution >= 0.6 is 0 Å². The number of amides is 1. The molecule has 1 spiro atoms. The maximum Gasteiger partial charge on any atom is 0.252 e. The molecule has 2 fully saturated rings. The summed E-state index contributed by atoms with van der Waals surface area (Å²) in [4.78, 5) is 18.8. The second kappa shape index (κ2) is 5.64. The fourth-order valence-corrected chi connectivity index (χ4v) is 3.88. The van der Waals surface area contributed by atoms with E-state index in [0.717, 1.165) is 43.9 Å². The van der Waals surface area contributed by atoms with Gasteiger partial charge in [-0.25, -0.2) is 4.98 Å². The van der Waals surface area contributed by atoms with Crippen LogP contribution in [-0.4, -0.2) is 36.1 Å². The van der Waals surface area contributed by atoms with Gasteiger partial charge in [0.25, 0.3) is 5.91 Å². The number of carbonyl (C=O) groups is 1. The van der Waals surface area contributed by atoms with Gasteiger partial charge in [0.05, 0.1) is 11.1 Å². The number of aromatic nitrogens is 1. The van der Waals surface area contributed by atoms with Gasteiger partial charge in [-0.2, -0.15) is 0 Å². The first-order valence-electron chi connectivity index (χ1n) is 7.88. The Balaban J connectivity index is 2.05. The van der Waals surface area contributed by atoms with Crippen molar-refractivity contribution in [2.45, 2.75) is 44.6 Å². The number of piperazine rings is 1. The van der Waals surface area contributed by atoms with Crippen molar-refractivity contribution in [1.29, 1.82) is 0 Å². The van der Waals surface area contributed by atoms with E-state index in [1.807, 2.05) is 13.0 Å². The van der Waals surface area contributed by atoms with Crippen molar-refractivity contribution in [3.05, 3.63) is 23.4 Å². The topological polar surface area (TPSA) is 71.2 Å². The summed E-state index contributed by atoms with van der Waals surface area (Å²) < 4.78 is 0. The van der Waals surface area contributed by atoms with E-state index in [1.54, 1.807) is 6.20 Å². The number of carbonyl (C=O) groups excluding carboxylic acids is 1. The Bertz CT molecular complexity index is 529. The van der Waals surface area contributed by atoms with Crippen LogP contribution in [0.4, 0.5) is 5.82 Å². The van der Waals surface area contributed by atoms with E-state index in [1.165, 1.54) is 19.3 Å². The van der Waals surface area contributed by atoms with Crippen LogP contribution in [0.3, 0.4) is 0 Å². The summed E-state index contributed by atoms with van der Waals surface area (Å²) in [6.07, 6.45) is 7.91. The molecule has 21 heavy (non-hydrogen) atoms. The third-order valence-corrected chi connectivity index (χ3v) is 4.96. The zero-order valence-electron chi connectivity index (χ0n) is 12.7. The summed E-state index contributed by atoms with van der Waals surface area (Å²) >= 11 is 0. The van der Waals surface area contributed by atoms with Crippen LogP contribution in [0, 0.1) is 6.92 Å². The van der Waals surface area contributed by atoms with Crippen LogP contribution in [-0.2, 0) is 0 Å². The molecule has 5 heteroatoms. The lowest BCUT2D eigenvalue weighted by atomic mass is 9.78. The van der Waals surface area contributed by atoms with Gasteiger partial charge in [0, 0.05) is 25.8 Å². The molecular weight excluding hydrogens is 264 g/mol. The largest absolute Gasteiger partial charge is 0.365 e. The Morgan fingerprint density at radius 1 is 1.38 bits per heavy atom. The van der Waals surface area contributed by atoms with Gasteiger partial charge in [-0.05, 0) is 31.4 Å². The zero-order valence-corrected chi connectivity index (χ0v) is 12.7. The number of hydrogen-bond donors (Lipinski definition) is 2. The van der Waals surface area contributed by atoms with Crippen LogP contribution in [0.15, 0.2) is 12.3 Å². The van der Waals surface area contributed by atoms with Gasteiger partial charge < -0.3 is 16.0 Å². The minimum absolute atomic E-state index is 0.0987. The summed E-state index contributed by atoms with van der Waals surface area (Å²) in [5, 5.41) is 3.52. The van der Waals surface area contributed by atoms with Crippen molar-refractivity contribution in [3.63, 3.8) is 0 Å². The third kappa shape index (κ3) is 2.50. The van der Waals surface area contributed by atoms with Gasteiger partial charge in [-0.1, -0.05) is 19.3 Å². The van der Waals surface area contributed by atoms with E-state index in [2.05, 4.69) is 15.2 Å². The molecule has 1 amide bonds. The molecule has 2 heterocycles. The van der Waals surface area contributed by atoms with Crippen molar-refractivity contribution in [1.82, 2.24) is 10.3 Å². The number of nitrogens with two attached hydrogens (primary N) is 1. The van der Waals surface area contributed by atoms with E-state index >= 15 is 0 Å². The van der Waals surface area contributed by atoms with E-state index in [-0.39, 0.29) is 11.4 Å². The number of aryl methyl sites for hydroxylation is 1. The van der Waals surface area contributed by atoms with Crippen LogP contribution in [0.2, 0.25) is 0 Å². The molecule has 0 bridgehead atoms. The van der Waals surface area contributed by atoms with Crippen molar-refractivity contribution in [2.24, 2.45) is 5.73 Å². The molecule has 3 rings (SSSR count). The Hall–Kier alpha value is -1.62. The third-order valence-electron chi connectivity index (χ3n) is 4.96. The highest BCUT2D eigenvalue weighted by Crippen LogP contribution is 2.38. The standard InChI is InChI=1S/C16H24N4O/c1-12-5-8-19-15(13(12)14(17)21)20-10-9-18-11-16(20)6-3-2-4-7-16/h5,8,18H,2-4,6-7,9-11H2,1H3,(H2,17,21). The Morgan fingerprint density at radius 3 is 2.86 bits per heavy atom. The highest BCUT2D eigenvalue weighted by molar-refractivity contribution is 5.99. The number of pyridine rings is 1. The number of nitrogens with zero attached hydrogens (tertiary/aromatic N) is 2. The molecule has 5 nitrogen and oxygen atoms in total. The lowest BCUT2D eigenvalue weighted by Crippen LogP contribution is -2.62. The van der Waals surface area contributed by atoms with Crippen LogP contribution in [0.25, 0.3) is 0 Å². The molecule has 1 aromatic heterocycles. The Kier molecular flexibility index (Phi) is 3.85. The lowest BCUT2D eigenvalue weighted by Gasteiger charge is -2.50. The fraction of sp³-hybridized carbons (Fsp3) is 0.625. The molecule has 1 aromatic rings. The van der Waals surface area contributed by atoms with Crippen LogP contribution in [0.1, 0.15) is 48.0 Å². The predicted molar refractivity (Wildman–Crippen MR) is 83.5 cm³/mol. The molecule has 3 N–H and O–H groups in total. The number of anilines is 1. The summed E-state index contributed by atoms with van der Waals surface area (Å²) in [5.74, 6) is 0.408. The summed E-state index contributed by atoms with van der Waals surface area (Å²) in [6.45, 7) is 4.72. The SMILES string of the molecule is Cc1ccnc(N2CCNCC23CCCCC3)c1C(N)=O. The summed E-state index contributed by atoms with van der Waals surface area (Å²) in [6, 6.07) is 1.86. The number of nitrogens with one attached hydrogen (secondary N) is 1. The molecule has 0 atom stereocenters. The average molecular weight is 288 g/mol. The van der Waals surface area contributed by atoms with E-state index in [0.29, 0.717) is 5.56 Å². The van der Waals surface area contributed by atoms with Crippen molar-refractivity contribution in [2.75, 3.05) is 24.5 Å². The minimum Gasteiger partial charge on any atom is -0.365 e. The van der Waals surface area contributed by atoms with E-state index in [4.69, 9.17) is 5.73 Å². The molecule has 0 aromatic carbocycles. The maximum atomic E-state index is 11.9. The van der Waals surface area contributed by atoms with Crippen molar-refractivity contribution in [3.8, 4) is 0 Å². The summed E-state index contributed by atoms with van der Waals surface area (Å²) in [7, 11) is 0. The van der Waals surface area contributed by atoms with Crippen molar-refractivity contribution >= 4 is 11.7 Å². The van der Waals surface area contributed by atoms with Gasteiger partial charge in [-0.3, -0.25) is 4.79 Å². The van der Waals surface area contributed by atoms with E-state index < -0.39 is 0 Å². The first-order valence-corrected chi connectivity index (χ1v) is 7.88. The van der Waals surface area contributed by atoms with Crippen molar-refractivity contribution < 1.29 is 4.79 Å². The van der Waals surface area contributed by atoms with Gasteiger partial charge in [0.2, 0.25) is 0 Å². The number of primary amides is 1. The molecule has 0 radical (unpaired) electrons. The molecular formula is C16H24N4O. The molecule has 2 aliphatic rings. The zero-order chi connectivity index (χ0) is 14.9. The monoisotopic (exact) mass is 288 g/mol. The second-order valence-electron chi connectivity index (χ2n) is 6.30. The highest BCUT2D eigenvalue weighted by Gasteiger charge is 2.41. The maximum absolute atomic E-state index is 11.9. The first-order chi connectivity index (χ1) is 10.1. The molecule has 1 aliphatic carbocycles. The molecule has 114 valence electrons.